The van der Waals surface area contributed by atoms with Crippen LogP contribution in [0.5, 0.6) is 0 Å². The van der Waals surface area contributed by atoms with E-state index in [-0.39, 0.29) is 12.3 Å². The largest absolute Gasteiger partial charge is 0.378 e. The molecule has 5 nitrogen and oxygen atoms in total. The van der Waals surface area contributed by atoms with Gasteiger partial charge in [0, 0.05) is 12.1 Å². The predicted molar refractivity (Wildman–Crippen MR) is 61.8 cm³/mol. The second-order valence-corrected chi connectivity index (χ2v) is 3.76. The van der Waals surface area contributed by atoms with Gasteiger partial charge in [-0.3, -0.25) is 0 Å². The van der Waals surface area contributed by atoms with Gasteiger partial charge >= 0.3 is 0 Å². The first-order chi connectivity index (χ1) is 8.26. The number of nitriles is 1. The topological polar surface area (TPSA) is 63.7 Å². The number of rotatable bonds is 3. The molecular formula is C11H9ClN4O. The van der Waals surface area contributed by atoms with Gasteiger partial charge in [0.2, 0.25) is 0 Å². The molecular weight excluding hydrogens is 240 g/mol. The highest BCUT2D eigenvalue weighted by molar-refractivity contribution is 6.30. The van der Waals surface area contributed by atoms with Crippen molar-refractivity contribution >= 4 is 11.6 Å². The van der Waals surface area contributed by atoms with E-state index in [2.05, 4.69) is 10.3 Å². The van der Waals surface area contributed by atoms with Crippen molar-refractivity contribution in [1.82, 2.24) is 15.0 Å². The van der Waals surface area contributed by atoms with Crippen LogP contribution in [0, 0.1) is 11.3 Å². The van der Waals surface area contributed by atoms with Gasteiger partial charge in [0.1, 0.15) is 11.8 Å². The summed E-state index contributed by atoms with van der Waals surface area (Å²) in [5.74, 6) is 0. The number of aromatic nitrogens is 3. The average molecular weight is 249 g/mol. The van der Waals surface area contributed by atoms with E-state index in [1.54, 1.807) is 23.9 Å². The Balaban J connectivity index is 2.52. The number of ether oxygens (including phenoxy) is 1. The van der Waals surface area contributed by atoms with Gasteiger partial charge in [-0.2, -0.15) is 5.26 Å². The molecule has 1 heterocycles. The molecule has 0 radical (unpaired) electrons. The molecule has 0 aliphatic carbocycles. The molecule has 0 amide bonds. The zero-order chi connectivity index (χ0) is 12.3. The molecule has 6 heteroatoms. The summed E-state index contributed by atoms with van der Waals surface area (Å²) in [6.45, 7) is 0.266. The highest BCUT2D eigenvalue weighted by Gasteiger charge is 2.13. The lowest BCUT2D eigenvalue weighted by atomic mass is 10.3. The normalized spacial score (nSPS) is 10.2. The summed E-state index contributed by atoms with van der Waals surface area (Å²) in [5, 5.41) is 17.2. The average Bonchev–Trinajstić information content (AvgIpc) is 2.72. The summed E-state index contributed by atoms with van der Waals surface area (Å²) in [6, 6.07) is 9.13. The summed E-state index contributed by atoms with van der Waals surface area (Å²) >= 11 is 5.91. The van der Waals surface area contributed by atoms with Crippen molar-refractivity contribution in [3.8, 4) is 11.8 Å². The molecule has 0 atom stereocenters. The van der Waals surface area contributed by atoms with Crippen molar-refractivity contribution in [2.45, 2.75) is 6.61 Å². The number of halogens is 1. The Kier molecular flexibility index (Phi) is 3.38. The van der Waals surface area contributed by atoms with E-state index in [1.165, 1.54) is 0 Å². The van der Waals surface area contributed by atoms with Crippen LogP contribution in [0.3, 0.4) is 0 Å². The zero-order valence-corrected chi connectivity index (χ0v) is 9.85. The Morgan fingerprint density at radius 2 is 2.35 bits per heavy atom. The van der Waals surface area contributed by atoms with Crippen LogP contribution in [0.1, 0.15) is 11.4 Å². The highest BCUT2D eigenvalue weighted by atomic mass is 35.5. The first kappa shape index (κ1) is 11.6. The minimum Gasteiger partial charge on any atom is -0.378 e. The third-order valence-corrected chi connectivity index (χ3v) is 2.44. The molecule has 2 rings (SSSR count). The molecule has 0 fully saturated rings. The second kappa shape index (κ2) is 4.95. The van der Waals surface area contributed by atoms with Crippen LogP contribution in [-0.4, -0.2) is 22.1 Å². The Labute approximate surface area is 103 Å². The zero-order valence-electron chi connectivity index (χ0n) is 9.09. The third-order valence-electron chi connectivity index (χ3n) is 2.20. The minimum absolute atomic E-state index is 0.256. The van der Waals surface area contributed by atoms with E-state index < -0.39 is 0 Å². The van der Waals surface area contributed by atoms with Crippen molar-refractivity contribution in [2.24, 2.45) is 0 Å². The number of hydrogen-bond acceptors (Lipinski definition) is 4. The van der Waals surface area contributed by atoms with Gasteiger partial charge in [-0.25, -0.2) is 4.68 Å². The standard InChI is InChI=1S/C11H9ClN4O/c1-17-7-11-10(6-13)14-15-16(11)9-4-2-3-8(12)5-9/h2-5H,7H2,1H3. The SMILES string of the molecule is COCc1c(C#N)nnn1-c1cccc(Cl)c1. The molecule has 0 saturated carbocycles. The van der Waals surface area contributed by atoms with Crippen LogP contribution in [0.25, 0.3) is 5.69 Å². The van der Waals surface area contributed by atoms with Crippen molar-refractivity contribution in [2.75, 3.05) is 7.11 Å². The second-order valence-electron chi connectivity index (χ2n) is 3.32. The Morgan fingerprint density at radius 1 is 1.53 bits per heavy atom. The van der Waals surface area contributed by atoms with Gasteiger partial charge in [0.25, 0.3) is 0 Å². The van der Waals surface area contributed by atoms with E-state index in [0.717, 1.165) is 5.69 Å². The fourth-order valence-electron chi connectivity index (χ4n) is 1.47. The van der Waals surface area contributed by atoms with E-state index in [1.807, 2.05) is 18.2 Å². The van der Waals surface area contributed by atoms with E-state index in [4.69, 9.17) is 21.6 Å². The minimum atomic E-state index is 0.256. The van der Waals surface area contributed by atoms with Crippen LogP contribution >= 0.6 is 11.6 Å². The quantitative estimate of drug-likeness (QED) is 0.833. The molecule has 0 aliphatic heterocycles. The molecule has 2 aromatic rings. The summed E-state index contributed by atoms with van der Waals surface area (Å²) in [4.78, 5) is 0. The van der Waals surface area contributed by atoms with Crippen molar-refractivity contribution in [3.05, 3.63) is 40.7 Å². The summed E-state index contributed by atoms with van der Waals surface area (Å²) in [7, 11) is 1.55. The van der Waals surface area contributed by atoms with Gasteiger partial charge in [-0.1, -0.05) is 22.9 Å². The monoisotopic (exact) mass is 248 g/mol. The predicted octanol–water partition coefficient (Wildman–Crippen LogP) is 1.94. The van der Waals surface area contributed by atoms with E-state index in [0.29, 0.717) is 10.7 Å². The van der Waals surface area contributed by atoms with Crippen LogP contribution in [-0.2, 0) is 11.3 Å². The molecule has 1 aromatic heterocycles. The lowest BCUT2D eigenvalue weighted by molar-refractivity contribution is 0.179. The van der Waals surface area contributed by atoms with Crippen LogP contribution in [0.2, 0.25) is 5.02 Å². The fraction of sp³-hybridized carbons (Fsp3) is 0.182. The van der Waals surface area contributed by atoms with Crippen LogP contribution in [0.15, 0.2) is 24.3 Å². The lowest BCUT2D eigenvalue weighted by Crippen LogP contribution is -2.04. The third kappa shape index (κ3) is 2.28. The van der Waals surface area contributed by atoms with Gasteiger partial charge in [-0.15, -0.1) is 5.10 Å². The maximum Gasteiger partial charge on any atom is 0.188 e. The number of hydrogen-bond donors (Lipinski definition) is 0. The molecule has 0 unspecified atom stereocenters. The Bertz CT molecular complexity index is 573. The number of benzene rings is 1. The van der Waals surface area contributed by atoms with E-state index in [9.17, 15) is 0 Å². The van der Waals surface area contributed by atoms with Crippen molar-refractivity contribution in [3.63, 3.8) is 0 Å². The molecule has 0 saturated heterocycles. The first-order valence-electron chi connectivity index (χ1n) is 4.86. The maximum atomic E-state index is 8.91. The summed E-state index contributed by atoms with van der Waals surface area (Å²) in [5.41, 5.74) is 1.61. The lowest BCUT2D eigenvalue weighted by Gasteiger charge is -2.05. The molecule has 0 aliphatic rings. The fourth-order valence-corrected chi connectivity index (χ4v) is 1.65. The van der Waals surface area contributed by atoms with Gasteiger partial charge in [0.05, 0.1) is 12.3 Å². The number of methoxy groups -OCH3 is 1. The number of nitrogens with zero attached hydrogens (tertiary/aromatic N) is 4. The Hall–Kier alpha value is -1.90. The Morgan fingerprint density at radius 3 is 3.00 bits per heavy atom. The summed E-state index contributed by atoms with van der Waals surface area (Å²) in [6.07, 6.45) is 0. The van der Waals surface area contributed by atoms with Gasteiger partial charge < -0.3 is 4.74 Å². The molecule has 17 heavy (non-hydrogen) atoms. The maximum absolute atomic E-state index is 8.91. The first-order valence-corrected chi connectivity index (χ1v) is 5.23. The van der Waals surface area contributed by atoms with Crippen molar-refractivity contribution < 1.29 is 4.74 Å². The van der Waals surface area contributed by atoms with Crippen LogP contribution < -0.4 is 0 Å². The van der Waals surface area contributed by atoms with Gasteiger partial charge in [-0.05, 0) is 18.2 Å². The molecule has 0 bridgehead atoms. The van der Waals surface area contributed by atoms with Crippen LogP contribution in [0.4, 0.5) is 0 Å². The smallest absolute Gasteiger partial charge is 0.188 e. The van der Waals surface area contributed by atoms with Crippen molar-refractivity contribution in [1.29, 1.82) is 5.26 Å². The molecule has 1 aromatic carbocycles. The summed E-state index contributed by atoms with van der Waals surface area (Å²) < 4.78 is 6.59. The van der Waals surface area contributed by atoms with Gasteiger partial charge in [0.15, 0.2) is 5.69 Å². The molecule has 0 spiro atoms. The molecule has 0 N–H and O–H groups in total. The molecule has 86 valence electrons. The van der Waals surface area contributed by atoms with E-state index >= 15 is 0 Å². The highest BCUT2D eigenvalue weighted by Crippen LogP contribution is 2.17.